The molecule has 0 amide bonds. The summed E-state index contributed by atoms with van der Waals surface area (Å²) in [6.07, 6.45) is 0. The van der Waals surface area contributed by atoms with Crippen LogP contribution in [0.3, 0.4) is 0 Å². The monoisotopic (exact) mass is 392 g/mol. The van der Waals surface area contributed by atoms with E-state index in [1.54, 1.807) is 45.9 Å². The second-order valence-electron chi connectivity index (χ2n) is 6.18. The summed E-state index contributed by atoms with van der Waals surface area (Å²) in [6, 6.07) is 7.06. The number of hydrogen-bond donors (Lipinski definition) is 1. The topological polar surface area (TPSA) is 96.5 Å². The van der Waals surface area contributed by atoms with Crippen molar-refractivity contribution in [2.75, 3.05) is 13.7 Å². The van der Waals surface area contributed by atoms with Crippen LogP contribution in [-0.4, -0.2) is 49.2 Å². The molecule has 8 heteroatoms. The van der Waals surface area contributed by atoms with Crippen molar-refractivity contribution in [2.24, 2.45) is 0 Å². The molecule has 0 bridgehead atoms. The Morgan fingerprint density at radius 3 is 2.30 bits per heavy atom. The number of hydrogen-bond acceptors (Lipinski definition) is 5. The van der Waals surface area contributed by atoms with Crippen LogP contribution < -0.4 is 0 Å². The molecule has 1 aromatic heterocycles. The molecule has 0 aliphatic carbocycles. The second kappa shape index (κ2) is 8.06. The van der Waals surface area contributed by atoms with E-state index in [0.717, 1.165) is 4.31 Å². The van der Waals surface area contributed by atoms with Gasteiger partial charge < -0.3 is 9.72 Å². The van der Waals surface area contributed by atoms with E-state index in [4.69, 9.17) is 4.74 Å². The highest BCUT2D eigenvalue weighted by molar-refractivity contribution is 7.89. The third-order valence-electron chi connectivity index (χ3n) is 4.55. The van der Waals surface area contributed by atoms with Gasteiger partial charge in [0, 0.05) is 17.8 Å². The number of aryl methyl sites for hydroxylation is 1. The van der Waals surface area contributed by atoms with Gasteiger partial charge in [-0.05, 0) is 38.5 Å². The number of ketones is 1. The first-order valence-corrected chi connectivity index (χ1v) is 9.99. The van der Waals surface area contributed by atoms with E-state index in [1.165, 1.54) is 19.2 Å². The first kappa shape index (κ1) is 20.9. The quantitative estimate of drug-likeness (QED) is 0.577. The zero-order chi connectivity index (χ0) is 20.4. The second-order valence-corrected chi connectivity index (χ2v) is 8.07. The minimum atomic E-state index is -3.83. The molecule has 2 rings (SSSR count). The highest BCUT2D eigenvalue weighted by atomic mass is 32.2. The molecule has 0 aliphatic rings. The Morgan fingerprint density at radius 1 is 1.19 bits per heavy atom. The van der Waals surface area contributed by atoms with Crippen molar-refractivity contribution >= 4 is 21.8 Å². The summed E-state index contributed by atoms with van der Waals surface area (Å²) in [4.78, 5) is 28.0. The van der Waals surface area contributed by atoms with Gasteiger partial charge in [-0.1, -0.05) is 25.1 Å². The van der Waals surface area contributed by atoms with Gasteiger partial charge in [0.1, 0.15) is 5.69 Å². The standard InChI is InChI=1S/C19H24N2O5S/c1-6-21(27(24,25)15-10-8-7-9-11-15)14(4)18(22)16-12(2)17(19(23)26-5)20-13(16)3/h7-11,14,20H,6H2,1-5H3/t14-/m0/s1. The number of likely N-dealkylation sites (N-methyl/N-ethyl adjacent to an activating group) is 1. The van der Waals surface area contributed by atoms with E-state index in [2.05, 4.69) is 4.98 Å². The van der Waals surface area contributed by atoms with E-state index < -0.39 is 22.0 Å². The maximum Gasteiger partial charge on any atom is 0.354 e. The van der Waals surface area contributed by atoms with Gasteiger partial charge in [0.25, 0.3) is 0 Å². The average Bonchev–Trinajstić information content (AvgIpc) is 2.95. The number of carbonyl (C=O) groups excluding carboxylic acids is 2. The smallest absolute Gasteiger partial charge is 0.354 e. The Morgan fingerprint density at radius 2 is 1.78 bits per heavy atom. The molecule has 1 heterocycles. The number of Topliss-reactive ketones (excluding diaryl/α,β-unsaturated/α-hetero) is 1. The van der Waals surface area contributed by atoms with Crippen molar-refractivity contribution in [1.29, 1.82) is 0 Å². The third-order valence-corrected chi connectivity index (χ3v) is 6.61. The first-order chi connectivity index (χ1) is 12.7. The van der Waals surface area contributed by atoms with E-state index in [0.29, 0.717) is 16.8 Å². The van der Waals surface area contributed by atoms with Crippen LogP contribution in [-0.2, 0) is 14.8 Å². The Bertz CT molecular complexity index is 948. The molecule has 0 spiro atoms. The molecule has 7 nitrogen and oxygen atoms in total. The molecule has 27 heavy (non-hydrogen) atoms. The number of aromatic amines is 1. The molecular formula is C19H24N2O5S. The van der Waals surface area contributed by atoms with Gasteiger partial charge in [-0.2, -0.15) is 4.31 Å². The summed E-state index contributed by atoms with van der Waals surface area (Å²) in [6.45, 7) is 6.67. The molecule has 1 aromatic carbocycles. The van der Waals surface area contributed by atoms with E-state index in [-0.39, 0.29) is 22.9 Å². The summed E-state index contributed by atoms with van der Waals surface area (Å²) < 4.78 is 31.8. The highest BCUT2D eigenvalue weighted by Crippen LogP contribution is 2.24. The Labute approximate surface area is 159 Å². The predicted molar refractivity (Wildman–Crippen MR) is 101 cm³/mol. The fourth-order valence-electron chi connectivity index (χ4n) is 3.15. The van der Waals surface area contributed by atoms with Gasteiger partial charge >= 0.3 is 5.97 Å². The van der Waals surface area contributed by atoms with Crippen molar-refractivity contribution in [2.45, 2.75) is 38.6 Å². The van der Waals surface area contributed by atoms with Gasteiger partial charge in [0.05, 0.1) is 18.0 Å². The molecule has 0 saturated carbocycles. The van der Waals surface area contributed by atoms with Crippen molar-refractivity contribution in [3.05, 3.63) is 52.8 Å². The summed E-state index contributed by atoms with van der Waals surface area (Å²) in [5.41, 5.74) is 1.45. The van der Waals surface area contributed by atoms with Crippen LogP contribution in [0.25, 0.3) is 0 Å². The third kappa shape index (κ3) is 3.81. The molecule has 1 N–H and O–H groups in total. The normalized spacial score (nSPS) is 12.8. The van der Waals surface area contributed by atoms with Crippen molar-refractivity contribution in [3.8, 4) is 0 Å². The minimum Gasteiger partial charge on any atom is -0.464 e. The molecular weight excluding hydrogens is 368 g/mol. The number of ether oxygens (including phenoxy) is 1. The Hall–Kier alpha value is -2.45. The number of esters is 1. The summed E-state index contributed by atoms with van der Waals surface area (Å²) in [5.74, 6) is -0.954. The molecule has 0 unspecified atom stereocenters. The molecule has 0 radical (unpaired) electrons. The number of sulfonamides is 1. The highest BCUT2D eigenvalue weighted by Gasteiger charge is 2.34. The van der Waals surface area contributed by atoms with Gasteiger partial charge in [-0.25, -0.2) is 13.2 Å². The van der Waals surface area contributed by atoms with Crippen LogP contribution in [0.5, 0.6) is 0 Å². The average molecular weight is 392 g/mol. The van der Waals surface area contributed by atoms with Crippen molar-refractivity contribution in [1.82, 2.24) is 9.29 Å². The number of nitrogens with zero attached hydrogens (tertiary/aromatic N) is 1. The van der Waals surface area contributed by atoms with E-state index in [1.807, 2.05) is 0 Å². The van der Waals surface area contributed by atoms with Crippen molar-refractivity contribution < 1.29 is 22.7 Å². The van der Waals surface area contributed by atoms with Crippen LogP contribution >= 0.6 is 0 Å². The zero-order valence-corrected chi connectivity index (χ0v) is 16.9. The van der Waals surface area contributed by atoms with Crippen LogP contribution in [0.2, 0.25) is 0 Å². The molecule has 0 aliphatic heterocycles. The minimum absolute atomic E-state index is 0.129. The maximum atomic E-state index is 13.1. The van der Waals surface area contributed by atoms with E-state index >= 15 is 0 Å². The molecule has 146 valence electrons. The van der Waals surface area contributed by atoms with Gasteiger partial charge in [0.15, 0.2) is 5.78 Å². The lowest BCUT2D eigenvalue weighted by Crippen LogP contribution is -2.43. The SMILES string of the molecule is CCN([C@@H](C)C(=O)c1c(C)[nH]c(C(=O)OC)c1C)S(=O)(=O)c1ccccc1. The Kier molecular flexibility index (Phi) is 6.22. The van der Waals surface area contributed by atoms with Gasteiger partial charge in [-0.15, -0.1) is 0 Å². The molecule has 1 atom stereocenters. The largest absolute Gasteiger partial charge is 0.464 e. The first-order valence-electron chi connectivity index (χ1n) is 8.55. The van der Waals surface area contributed by atoms with Crippen LogP contribution in [0.1, 0.15) is 46.0 Å². The zero-order valence-electron chi connectivity index (χ0n) is 16.1. The summed E-state index contributed by atoms with van der Waals surface area (Å²) in [7, 11) is -2.58. The number of carbonyl (C=O) groups is 2. The van der Waals surface area contributed by atoms with Gasteiger partial charge in [-0.3, -0.25) is 4.79 Å². The van der Waals surface area contributed by atoms with Crippen LogP contribution in [0.4, 0.5) is 0 Å². The lowest BCUT2D eigenvalue weighted by Gasteiger charge is -2.26. The number of nitrogens with one attached hydrogen (secondary N) is 1. The molecule has 0 saturated heterocycles. The van der Waals surface area contributed by atoms with Gasteiger partial charge in [0.2, 0.25) is 10.0 Å². The lowest BCUT2D eigenvalue weighted by molar-refractivity contribution is 0.0594. The van der Waals surface area contributed by atoms with E-state index in [9.17, 15) is 18.0 Å². The summed E-state index contributed by atoms with van der Waals surface area (Å²) in [5, 5.41) is 0. The number of methoxy groups -OCH3 is 1. The van der Waals surface area contributed by atoms with Crippen LogP contribution in [0, 0.1) is 13.8 Å². The number of H-pyrrole nitrogens is 1. The number of aromatic nitrogens is 1. The number of rotatable bonds is 7. The maximum absolute atomic E-state index is 13.1. The molecule has 2 aromatic rings. The Balaban J connectivity index is 2.44. The fraction of sp³-hybridized carbons (Fsp3) is 0.368. The van der Waals surface area contributed by atoms with Crippen molar-refractivity contribution in [3.63, 3.8) is 0 Å². The number of benzene rings is 1. The lowest BCUT2D eigenvalue weighted by atomic mass is 10.0. The van der Waals surface area contributed by atoms with Crippen LogP contribution in [0.15, 0.2) is 35.2 Å². The predicted octanol–water partition coefficient (Wildman–Crippen LogP) is 2.70. The summed E-state index contributed by atoms with van der Waals surface area (Å²) >= 11 is 0. The molecule has 0 fully saturated rings. The fourth-order valence-corrected chi connectivity index (χ4v) is 4.77.